The lowest BCUT2D eigenvalue weighted by atomic mass is 10.1. The number of rotatable bonds is 1. The van der Waals surface area contributed by atoms with Gasteiger partial charge in [-0.1, -0.05) is 0 Å². The summed E-state index contributed by atoms with van der Waals surface area (Å²) in [5.74, 6) is -0.672. The van der Waals surface area contributed by atoms with Gasteiger partial charge in [-0.05, 0) is 33.4 Å². The van der Waals surface area contributed by atoms with E-state index < -0.39 is 18.2 Å². The number of aliphatic hydroxyl groups is 1. The van der Waals surface area contributed by atoms with E-state index in [1.165, 1.54) is 0 Å². The minimum atomic E-state index is -0.672. The molecule has 3 aliphatic rings. The van der Waals surface area contributed by atoms with Crippen LogP contribution in [0.4, 0.5) is 0 Å². The maximum atomic E-state index is 10.2. The molecule has 0 aromatic heterocycles. The Hall–Kier alpha value is -0.240. The molecule has 0 aliphatic carbocycles. The Balaban J connectivity index is 1.67. The van der Waals surface area contributed by atoms with Crippen LogP contribution in [0.1, 0.15) is 20.3 Å². The van der Waals surface area contributed by atoms with Crippen LogP contribution in [0.25, 0.3) is 0 Å². The molecule has 0 aromatic rings. The molecule has 3 heterocycles. The molecule has 3 saturated heterocycles. The molecule has 3 fully saturated rings. The standard InChI is InChI=1S/C11H20N2O4/c1-11(2)16-8-6(14)7(15-10(8)17-11)9-12-4-3-5-13-9/h6-10,12-14H,3-5H2,1-2H3/t6-,7-,8+,10+/m0/s1. The molecule has 6 heteroatoms. The molecule has 0 bridgehead atoms. The van der Waals surface area contributed by atoms with E-state index in [0.717, 1.165) is 19.5 Å². The normalized spacial score (nSPS) is 46.1. The van der Waals surface area contributed by atoms with Crippen LogP contribution in [0.2, 0.25) is 0 Å². The summed E-state index contributed by atoms with van der Waals surface area (Å²) in [6.07, 6.45) is -0.770. The van der Waals surface area contributed by atoms with Crippen LogP contribution in [0.5, 0.6) is 0 Å². The second-order valence-corrected chi connectivity index (χ2v) is 5.30. The van der Waals surface area contributed by atoms with Gasteiger partial charge in [-0.25, -0.2) is 0 Å². The maximum absolute atomic E-state index is 10.2. The zero-order valence-corrected chi connectivity index (χ0v) is 10.2. The third kappa shape index (κ3) is 2.09. The zero-order valence-electron chi connectivity index (χ0n) is 10.2. The Kier molecular flexibility index (Phi) is 2.89. The molecule has 98 valence electrons. The third-order valence-electron chi connectivity index (χ3n) is 3.46. The fraction of sp³-hybridized carbons (Fsp3) is 1.00. The summed E-state index contributed by atoms with van der Waals surface area (Å²) in [7, 11) is 0. The first kappa shape index (κ1) is 11.8. The molecular weight excluding hydrogens is 224 g/mol. The van der Waals surface area contributed by atoms with Crippen LogP contribution >= 0.6 is 0 Å². The lowest BCUT2D eigenvalue weighted by Gasteiger charge is -2.32. The summed E-state index contributed by atoms with van der Waals surface area (Å²) in [4.78, 5) is 0. The topological polar surface area (TPSA) is 72.0 Å². The lowest BCUT2D eigenvalue weighted by Crippen LogP contribution is -2.58. The van der Waals surface area contributed by atoms with E-state index in [1.54, 1.807) is 0 Å². The molecule has 3 N–H and O–H groups in total. The summed E-state index contributed by atoms with van der Waals surface area (Å²) in [5.41, 5.74) is 0. The quantitative estimate of drug-likeness (QED) is 0.557. The number of nitrogens with one attached hydrogen (secondary N) is 2. The predicted octanol–water partition coefficient (Wildman–Crippen LogP) is -0.867. The van der Waals surface area contributed by atoms with Crippen molar-refractivity contribution in [2.45, 2.75) is 56.8 Å². The van der Waals surface area contributed by atoms with E-state index in [9.17, 15) is 5.11 Å². The van der Waals surface area contributed by atoms with Crippen molar-refractivity contribution in [2.24, 2.45) is 0 Å². The molecule has 0 saturated carbocycles. The summed E-state index contributed by atoms with van der Waals surface area (Å²) >= 11 is 0. The molecular formula is C11H20N2O4. The van der Waals surface area contributed by atoms with E-state index in [-0.39, 0.29) is 18.4 Å². The number of hydrogen-bond donors (Lipinski definition) is 3. The van der Waals surface area contributed by atoms with Crippen molar-refractivity contribution in [3.8, 4) is 0 Å². The highest BCUT2D eigenvalue weighted by Gasteiger charge is 2.56. The molecule has 0 aromatic carbocycles. The van der Waals surface area contributed by atoms with Gasteiger partial charge < -0.3 is 19.3 Å². The van der Waals surface area contributed by atoms with E-state index in [4.69, 9.17) is 14.2 Å². The summed E-state index contributed by atoms with van der Waals surface area (Å²) < 4.78 is 17.0. The van der Waals surface area contributed by atoms with Crippen molar-refractivity contribution in [2.75, 3.05) is 13.1 Å². The molecule has 0 radical (unpaired) electrons. The van der Waals surface area contributed by atoms with Crippen LogP contribution in [0, 0.1) is 0 Å². The van der Waals surface area contributed by atoms with Gasteiger partial charge in [0.1, 0.15) is 18.3 Å². The summed E-state index contributed by atoms with van der Waals surface area (Å²) in [6, 6.07) is 0. The Morgan fingerprint density at radius 1 is 1.12 bits per heavy atom. The minimum Gasteiger partial charge on any atom is -0.387 e. The Morgan fingerprint density at radius 2 is 1.82 bits per heavy atom. The number of fused-ring (bicyclic) bond motifs is 1. The molecule has 3 rings (SSSR count). The SMILES string of the molecule is CC1(C)O[C@H]2O[C@H](C3NCCCN3)[C@H](O)[C@H]2O1. The van der Waals surface area contributed by atoms with Crippen molar-refractivity contribution >= 4 is 0 Å². The van der Waals surface area contributed by atoms with E-state index in [2.05, 4.69) is 10.6 Å². The van der Waals surface area contributed by atoms with Crippen LogP contribution in [-0.4, -0.2) is 54.8 Å². The number of ether oxygens (including phenoxy) is 3. The van der Waals surface area contributed by atoms with E-state index in [1.807, 2.05) is 13.8 Å². The second kappa shape index (κ2) is 4.15. The first-order chi connectivity index (χ1) is 8.07. The Labute approximate surface area is 101 Å². The third-order valence-corrected chi connectivity index (χ3v) is 3.46. The van der Waals surface area contributed by atoms with Crippen LogP contribution < -0.4 is 10.6 Å². The Morgan fingerprint density at radius 3 is 2.47 bits per heavy atom. The lowest BCUT2D eigenvalue weighted by molar-refractivity contribution is -0.219. The minimum absolute atomic E-state index is 0.0281. The molecule has 3 aliphatic heterocycles. The number of hydrogen-bond acceptors (Lipinski definition) is 6. The van der Waals surface area contributed by atoms with Crippen molar-refractivity contribution in [3.05, 3.63) is 0 Å². The number of aliphatic hydroxyl groups excluding tert-OH is 1. The highest BCUT2D eigenvalue weighted by molar-refractivity contribution is 4.97. The monoisotopic (exact) mass is 244 g/mol. The molecule has 17 heavy (non-hydrogen) atoms. The van der Waals surface area contributed by atoms with Crippen molar-refractivity contribution in [1.29, 1.82) is 0 Å². The average molecular weight is 244 g/mol. The first-order valence-electron chi connectivity index (χ1n) is 6.23. The van der Waals surface area contributed by atoms with Gasteiger partial charge in [-0.15, -0.1) is 0 Å². The largest absolute Gasteiger partial charge is 0.387 e. The highest BCUT2D eigenvalue weighted by atomic mass is 16.8. The van der Waals surface area contributed by atoms with Gasteiger partial charge in [0.05, 0.1) is 6.17 Å². The van der Waals surface area contributed by atoms with Gasteiger partial charge in [0.25, 0.3) is 0 Å². The predicted molar refractivity (Wildman–Crippen MR) is 59.1 cm³/mol. The van der Waals surface area contributed by atoms with Gasteiger partial charge in [0, 0.05) is 0 Å². The van der Waals surface area contributed by atoms with Crippen LogP contribution in [-0.2, 0) is 14.2 Å². The average Bonchev–Trinajstić information content (AvgIpc) is 2.75. The second-order valence-electron chi connectivity index (χ2n) is 5.30. The first-order valence-corrected chi connectivity index (χ1v) is 6.23. The molecule has 0 amide bonds. The molecule has 0 spiro atoms. The fourth-order valence-electron chi connectivity index (χ4n) is 2.70. The smallest absolute Gasteiger partial charge is 0.190 e. The highest BCUT2D eigenvalue weighted by Crippen LogP contribution is 2.38. The molecule has 4 atom stereocenters. The van der Waals surface area contributed by atoms with Crippen LogP contribution in [0.3, 0.4) is 0 Å². The van der Waals surface area contributed by atoms with Gasteiger partial charge >= 0.3 is 0 Å². The van der Waals surface area contributed by atoms with E-state index >= 15 is 0 Å². The van der Waals surface area contributed by atoms with Gasteiger partial charge in [-0.3, -0.25) is 10.6 Å². The summed E-state index contributed by atoms with van der Waals surface area (Å²) in [5, 5.41) is 16.8. The molecule has 6 nitrogen and oxygen atoms in total. The van der Waals surface area contributed by atoms with Crippen LogP contribution in [0.15, 0.2) is 0 Å². The Bertz CT molecular complexity index is 293. The van der Waals surface area contributed by atoms with Gasteiger partial charge in [-0.2, -0.15) is 0 Å². The van der Waals surface area contributed by atoms with Crippen molar-refractivity contribution < 1.29 is 19.3 Å². The summed E-state index contributed by atoms with van der Waals surface area (Å²) in [6.45, 7) is 5.53. The van der Waals surface area contributed by atoms with Gasteiger partial charge in [0.15, 0.2) is 12.1 Å². The fourth-order valence-corrected chi connectivity index (χ4v) is 2.70. The molecule has 0 unspecified atom stereocenters. The van der Waals surface area contributed by atoms with Crippen molar-refractivity contribution in [1.82, 2.24) is 10.6 Å². The van der Waals surface area contributed by atoms with Crippen molar-refractivity contribution in [3.63, 3.8) is 0 Å². The van der Waals surface area contributed by atoms with E-state index in [0.29, 0.717) is 0 Å². The zero-order chi connectivity index (χ0) is 12.0. The maximum Gasteiger partial charge on any atom is 0.190 e. The van der Waals surface area contributed by atoms with Gasteiger partial charge in [0.2, 0.25) is 0 Å².